The van der Waals surface area contributed by atoms with E-state index < -0.39 is 0 Å². The van der Waals surface area contributed by atoms with Gasteiger partial charge in [0.1, 0.15) is 4.83 Å². The second-order valence-electron chi connectivity index (χ2n) is 5.63. The van der Waals surface area contributed by atoms with E-state index in [4.69, 9.17) is 4.74 Å². The van der Waals surface area contributed by atoms with Gasteiger partial charge in [0.25, 0.3) is 0 Å². The largest absolute Gasteiger partial charge is 0.474 e. The van der Waals surface area contributed by atoms with E-state index in [0.29, 0.717) is 17.7 Å². The highest BCUT2D eigenvalue weighted by Crippen LogP contribution is 2.32. The standard InChI is InChI=1S/C16H25N3OS/c1-6-8-17-16-18-14(20-11(5)10(3)4)13-9-12(7-2)21-15(13)19-16/h9-11H,6-8H2,1-5H3,(H,17,18,19). The third-order valence-electron chi connectivity index (χ3n) is 3.53. The molecule has 0 saturated carbocycles. The number of anilines is 1. The summed E-state index contributed by atoms with van der Waals surface area (Å²) in [5.74, 6) is 1.82. The maximum Gasteiger partial charge on any atom is 0.227 e. The Morgan fingerprint density at radius 1 is 1.24 bits per heavy atom. The van der Waals surface area contributed by atoms with E-state index in [1.54, 1.807) is 11.3 Å². The minimum absolute atomic E-state index is 0.132. The Hall–Kier alpha value is -1.36. The molecule has 1 N–H and O–H groups in total. The van der Waals surface area contributed by atoms with Crippen molar-refractivity contribution in [1.29, 1.82) is 0 Å². The van der Waals surface area contributed by atoms with Crippen molar-refractivity contribution in [2.45, 2.75) is 53.6 Å². The van der Waals surface area contributed by atoms with E-state index in [-0.39, 0.29) is 6.10 Å². The van der Waals surface area contributed by atoms with Gasteiger partial charge < -0.3 is 10.1 Å². The van der Waals surface area contributed by atoms with Gasteiger partial charge in [-0.05, 0) is 31.7 Å². The first-order chi connectivity index (χ1) is 10.0. The Bertz CT molecular complexity index is 594. The van der Waals surface area contributed by atoms with Gasteiger partial charge >= 0.3 is 0 Å². The van der Waals surface area contributed by atoms with Crippen LogP contribution in [0.5, 0.6) is 5.88 Å². The van der Waals surface area contributed by atoms with Crippen LogP contribution in [0, 0.1) is 5.92 Å². The molecule has 1 unspecified atom stereocenters. The van der Waals surface area contributed by atoms with Crippen LogP contribution in [-0.4, -0.2) is 22.6 Å². The predicted molar refractivity (Wildman–Crippen MR) is 90.5 cm³/mol. The van der Waals surface area contributed by atoms with E-state index in [2.05, 4.69) is 56.0 Å². The van der Waals surface area contributed by atoms with Gasteiger partial charge in [-0.2, -0.15) is 4.98 Å². The Morgan fingerprint density at radius 3 is 2.62 bits per heavy atom. The molecule has 0 spiro atoms. The van der Waals surface area contributed by atoms with Gasteiger partial charge in [0.15, 0.2) is 0 Å². The van der Waals surface area contributed by atoms with Crippen LogP contribution in [0.25, 0.3) is 10.2 Å². The van der Waals surface area contributed by atoms with Gasteiger partial charge in [-0.25, -0.2) is 4.98 Å². The Balaban J connectivity index is 2.40. The van der Waals surface area contributed by atoms with Crippen LogP contribution in [-0.2, 0) is 6.42 Å². The number of thiophene rings is 1. The Kier molecular flexibility index (Phi) is 5.39. The summed E-state index contributed by atoms with van der Waals surface area (Å²) in [6, 6.07) is 2.16. The summed E-state index contributed by atoms with van der Waals surface area (Å²) in [6.07, 6.45) is 2.19. The van der Waals surface area contributed by atoms with Crippen molar-refractivity contribution in [2.24, 2.45) is 5.92 Å². The summed E-state index contributed by atoms with van der Waals surface area (Å²) < 4.78 is 6.08. The molecule has 0 fully saturated rings. The number of aromatic nitrogens is 2. The summed E-state index contributed by atoms with van der Waals surface area (Å²) in [7, 11) is 0. The molecule has 2 rings (SSSR count). The first-order valence-electron chi connectivity index (χ1n) is 7.76. The lowest BCUT2D eigenvalue weighted by molar-refractivity contribution is 0.166. The minimum atomic E-state index is 0.132. The highest BCUT2D eigenvalue weighted by atomic mass is 32.1. The predicted octanol–water partition coefficient (Wildman–Crippen LogP) is 4.50. The van der Waals surface area contributed by atoms with Crippen LogP contribution in [0.15, 0.2) is 6.07 Å². The number of fused-ring (bicyclic) bond motifs is 1. The molecule has 5 heteroatoms. The lowest BCUT2D eigenvalue weighted by atomic mass is 10.1. The molecule has 0 aliphatic heterocycles. The maximum atomic E-state index is 6.08. The molecular weight excluding hydrogens is 282 g/mol. The van der Waals surface area contributed by atoms with Crippen LogP contribution in [0.2, 0.25) is 0 Å². The van der Waals surface area contributed by atoms with Gasteiger partial charge in [-0.15, -0.1) is 11.3 Å². The summed E-state index contributed by atoms with van der Waals surface area (Å²) in [4.78, 5) is 11.5. The van der Waals surface area contributed by atoms with Gasteiger partial charge in [-0.1, -0.05) is 27.7 Å². The zero-order valence-electron chi connectivity index (χ0n) is 13.6. The van der Waals surface area contributed by atoms with Crippen molar-refractivity contribution in [2.75, 3.05) is 11.9 Å². The van der Waals surface area contributed by atoms with Crippen molar-refractivity contribution in [1.82, 2.24) is 9.97 Å². The molecular formula is C16H25N3OS. The van der Waals surface area contributed by atoms with Crippen molar-refractivity contribution < 1.29 is 4.74 Å². The molecule has 0 bridgehead atoms. The molecule has 2 aromatic heterocycles. The number of hydrogen-bond acceptors (Lipinski definition) is 5. The fourth-order valence-electron chi connectivity index (χ4n) is 1.84. The third-order valence-corrected chi connectivity index (χ3v) is 4.70. The number of hydrogen-bond donors (Lipinski definition) is 1. The number of nitrogens with zero attached hydrogens (tertiary/aromatic N) is 2. The average molecular weight is 307 g/mol. The van der Waals surface area contributed by atoms with Crippen LogP contribution < -0.4 is 10.1 Å². The zero-order valence-corrected chi connectivity index (χ0v) is 14.4. The SMILES string of the molecule is CCCNc1nc(OC(C)C(C)C)c2cc(CC)sc2n1. The molecule has 0 aromatic carbocycles. The molecule has 0 radical (unpaired) electrons. The topological polar surface area (TPSA) is 47.0 Å². The molecule has 21 heavy (non-hydrogen) atoms. The number of rotatable bonds is 7. The van der Waals surface area contributed by atoms with E-state index in [1.165, 1.54) is 4.88 Å². The van der Waals surface area contributed by atoms with Crippen molar-refractivity contribution in [3.8, 4) is 5.88 Å². The fraction of sp³-hybridized carbons (Fsp3) is 0.625. The summed E-state index contributed by atoms with van der Waals surface area (Å²) in [5, 5.41) is 4.29. The van der Waals surface area contributed by atoms with Gasteiger partial charge in [-0.3, -0.25) is 0 Å². The van der Waals surface area contributed by atoms with Crippen molar-refractivity contribution in [3.63, 3.8) is 0 Å². The van der Waals surface area contributed by atoms with Crippen LogP contribution >= 0.6 is 11.3 Å². The summed E-state index contributed by atoms with van der Waals surface area (Å²) in [6.45, 7) is 11.6. The summed E-state index contributed by atoms with van der Waals surface area (Å²) in [5.41, 5.74) is 0. The Morgan fingerprint density at radius 2 is 2.00 bits per heavy atom. The molecule has 2 heterocycles. The molecule has 0 saturated heterocycles. The molecule has 0 amide bonds. The number of ether oxygens (including phenoxy) is 1. The maximum absolute atomic E-state index is 6.08. The van der Waals surface area contributed by atoms with Crippen LogP contribution in [0.4, 0.5) is 5.95 Å². The average Bonchev–Trinajstić information content (AvgIpc) is 2.88. The molecule has 2 aromatic rings. The van der Waals surface area contributed by atoms with E-state index in [9.17, 15) is 0 Å². The molecule has 1 atom stereocenters. The van der Waals surface area contributed by atoms with E-state index in [1.807, 2.05) is 0 Å². The van der Waals surface area contributed by atoms with Crippen LogP contribution in [0.1, 0.15) is 45.9 Å². The minimum Gasteiger partial charge on any atom is -0.474 e. The first kappa shape index (κ1) is 16.0. The number of aryl methyl sites for hydroxylation is 1. The zero-order chi connectivity index (χ0) is 15.4. The van der Waals surface area contributed by atoms with Crippen molar-refractivity contribution >= 4 is 27.5 Å². The normalized spacial score (nSPS) is 12.9. The van der Waals surface area contributed by atoms with Gasteiger partial charge in [0.05, 0.1) is 11.5 Å². The molecule has 0 aliphatic rings. The quantitative estimate of drug-likeness (QED) is 0.818. The van der Waals surface area contributed by atoms with Gasteiger partial charge in [0.2, 0.25) is 11.8 Å². The second kappa shape index (κ2) is 7.07. The second-order valence-corrected chi connectivity index (χ2v) is 6.75. The molecule has 116 valence electrons. The lowest BCUT2D eigenvalue weighted by Crippen LogP contribution is -2.19. The highest BCUT2D eigenvalue weighted by Gasteiger charge is 2.16. The summed E-state index contributed by atoms with van der Waals surface area (Å²) >= 11 is 1.72. The lowest BCUT2D eigenvalue weighted by Gasteiger charge is -2.18. The number of nitrogens with one attached hydrogen (secondary N) is 1. The first-order valence-corrected chi connectivity index (χ1v) is 8.57. The molecule has 0 aliphatic carbocycles. The third kappa shape index (κ3) is 3.84. The van der Waals surface area contributed by atoms with Gasteiger partial charge in [0, 0.05) is 11.4 Å². The van der Waals surface area contributed by atoms with E-state index in [0.717, 1.165) is 29.6 Å². The van der Waals surface area contributed by atoms with E-state index >= 15 is 0 Å². The van der Waals surface area contributed by atoms with Crippen LogP contribution in [0.3, 0.4) is 0 Å². The van der Waals surface area contributed by atoms with Crippen molar-refractivity contribution in [3.05, 3.63) is 10.9 Å². The highest BCUT2D eigenvalue weighted by molar-refractivity contribution is 7.18. The fourth-order valence-corrected chi connectivity index (χ4v) is 2.80. The Labute approximate surface area is 131 Å². The molecule has 4 nitrogen and oxygen atoms in total. The monoisotopic (exact) mass is 307 g/mol. The smallest absolute Gasteiger partial charge is 0.227 e.